The van der Waals surface area contributed by atoms with E-state index in [1.807, 2.05) is 4.90 Å². The highest BCUT2D eigenvalue weighted by Gasteiger charge is 2.17. The third-order valence-corrected chi connectivity index (χ3v) is 2.71. The van der Waals surface area contributed by atoms with E-state index in [9.17, 15) is 4.79 Å². The summed E-state index contributed by atoms with van der Waals surface area (Å²) in [6.07, 6.45) is 3.51. The summed E-state index contributed by atoms with van der Waals surface area (Å²) in [6, 6.07) is 0.0712. The van der Waals surface area contributed by atoms with Crippen molar-refractivity contribution in [3.8, 4) is 0 Å². The molecule has 0 aliphatic carbocycles. The van der Waals surface area contributed by atoms with Crippen LogP contribution in [0.3, 0.4) is 0 Å². The number of ether oxygens (including phenoxy) is 1. The van der Waals surface area contributed by atoms with E-state index in [-0.39, 0.29) is 6.03 Å². The van der Waals surface area contributed by atoms with Gasteiger partial charge in [0.2, 0.25) is 0 Å². The summed E-state index contributed by atoms with van der Waals surface area (Å²) in [5, 5.41) is 6.14. The molecule has 2 amide bonds. The van der Waals surface area contributed by atoms with Crippen molar-refractivity contribution < 1.29 is 9.53 Å². The number of amides is 2. The van der Waals surface area contributed by atoms with Gasteiger partial charge in [0, 0.05) is 39.9 Å². The van der Waals surface area contributed by atoms with Gasteiger partial charge in [-0.3, -0.25) is 0 Å². The first-order chi connectivity index (χ1) is 7.84. The van der Waals surface area contributed by atoms with Crippen LogP contribution in [0.15, 0.2) is 0 Å². The van der Waals surface area contributed by atoms with Gasteiger partial charge in [0.05, 0.1) is 0 Å². The lowest BCUT2D eigenvalue weighted by Crippen LogP contribution is -2.34. The molecule has 0 spiro atoms. The zero-order chi connectivity index (χ0) is 11.6. The fourth-order valence-electron chi connectivity index (χ4n) is 1.74. The number of hydrogen-bond acceptors (Lipinski definition) is 3. The van der Waals surface area contributed by atoms with Crippen LogP contribution in [0, 0.1) is 0 Å². The van der Waals surface area contributed by atoms with Crippen LogP contribution in [-0.4, -0.2) is 57.4 Å². The van der Waals surface area contributed by atoms with E-state index < -0.39 is 0 Å². The van der Waals surface area contributed by atoms with E-state index in [0.717, 1.165) is 45.8 Å². The molecule has 0 aromatic carbocycles. The van der Waals surface area contributed by atoms with Gasteiger partial charge in [-0.2, -0.15) is 0 Å². The minimum Gasteiger partial charge on any atom is -0.385 e. The zero-order valence-electron chi connectivity index (χ0n) is 10.1. The van der Waals surface area contributed by atoms with E-state index in [1.54, 1.807) is 7.11 Å². The highest BCUT2D eigenvalue weighted by Crippen LogP contribution is 1.95. The molecule has 1 fully saturated rings. The number of methoxy groups -OCH3 is 1. The average Bonchev–Trinajstić information content (AvgIpc) is 2.68. The second kappa shape index (κ2) is 8.35. The van der Waals surface area contributed by atoms with Gasteiger partial charge in [-0.1, -0.05) is 0 Å². The standard InChI is InChI=1S/C11H23N3O2/c1-16-10-4-2-3-5-12-6-8-14-9-7-13-11(14)15/h12H,2-10H2,1H3,(H,13,15). The fraction of sp³-hybridized carbons (Fsp3) is 0.909. The van der Waals surface area contributed by atoms with Gasteiger partial charge < -0.3 is 20.3 Å². The van der Waals surface area contributed by atoms with Crippen molar-refractivity contribution in [1.29, 1.82) is 0 Å². The molecule has 0 saturated carbocycles. The summed E-state index contributed by atoms with van der Waals surface area (Å²) in [4.78, 5) is 13.0. The molecule has 5 nitrogen and oxygen atoms in total. The van der Waals surface area contributed by atoms with Crippen LogP contribution in [-0.2, 0) is 4.74 Å². The third kappa shape index (κ3) is 5.32. The first kappa shape index (κ1) is 13.3. The number of nitrogens with zero attached hydrogens (tertiary/aromatic N) is 1. The van der Waals surface area contributed by atoms with Crippen molar-refractivity contribution in [3.63, 3.8) is 0 Å². The van der Waals surface area contributed by atoms with Crippen molar-refractivity contribution in [2.45, 2.75) is 19.3 Å². The quantitative estimate of drug-likeness (QED) is 0.563. The molecule has 2 N–H and O–H groups in total. The predicted molar refractivity (Wildman–Crippen MR) is 63.6 cm³/mol. The molecule has 0 bridgehead atoms. The Hall–Kier alpha value is -0.810. The normalized spacial score (nSPS) is 15.6. The SMILES string of the molecule is COCCCCCNCCN1CCNC1=O. The van der Waals surface area contributed by atoms with Gasteiger partial charge in [-0.15, -0.1) is 0 Å². The predicted octanol–water partition coefficient (Wildman–Crippen LogP) is 0.418. The minimum absolute atomic E-state index is 0.0712. The lowest BCUT2D eigenvalue weighted by Gasteiger charge is -2.14. The van der Waals surface area contributed by atoms with Crippen molar-refractivity contribution in [2.24, 2.45) is 0 Å². The number of rotatable bonds is 9. The number of urea groups is 1. The Labute approximate surface area is 97.5 Å². The largest absolute Gasteiger partial charge is 0.385 e. The summed E-state index contributed by atoms with van der Waals surface area (Å²) < 4.78 is 4.98. The molecule has 0 unspecified atom stereocenters. The van der Waals surface area contributed by atoms with Crippen molar-refractivity contribution in [2.75, 3.05) is 46.4 Å². The van der Waals surface area contributed by atoms with E-state index in [2.05, 4.69) is 10.6 Å². The third-order valence-electron chi connectivity index (χ3n) is 2.71. The molecule has 94 valence electrons. The first-order valence-corrected chi connectivity index (χ1v) is 6.07. The first-order valence-electron chi connectivity index (χ1n) is 6.07. The van der Waals surface area contributed by atoms with Crippen LogP contribution in [0.1, 0.15) is 19.3 Å². The van der Waals surface area contributed by atoms with Gasteiger partial charge in [0.25, 0.3) is 0 Å². The monoisotopic (exact) mass is 229 g/mol. The molecular weight excluding hydrogens is 206 g/mol. The molecule has 1 rings (SSSR count). The van der Waals surface area contributed by atoms with Gasteiger partial charge in [-0.25, -0.2) is 4.79 Å². The Balaban J connectivity index is 1.83. The van der Waals surface area contributed by atoms with Crippen molar-refractivity contribution in [1.82, 2.24) is 15.5 Å². The Morgan fingerprint density at radius 2 is 2.25 bits per heavy atom. The summed E-state index contributed by atoms with van der Waals surface area (Å²) in [7, 11) is 1.74. The summed E-state index contributed by atoms with van der Waals surface area (Å²) >= 11 is 0. The Morgan fingerprint density at radius 3 is 2.94 bits per heavy atom. The fourth-order valence-corrected chi connectivity index (χ4v) is 1.74. The Bertz CT molecular complexity index is 200. The Kier molecular flexibility index (Phi) is 6.92. The number of carbonyl (C=O) groups is 1. The molecule has 1 heterocycles. The molecule has 0 aromatic heterocycles. The van der Waals surface area contributed by atoms with Crippen molar-refractivity contribution >= 4 is 6.03 Å². The molecule has 0 radical (unpaired) electrons. The second-order valence-corrected chi connectivity index (χ2v) is 4.02. The number of nitrogens with one attached hydrogen (secondary N) is 2. The Morgan fingerprint density at radius 1 is 1.38 bits per heavy atom. The molecule has 1 aliphatic rings. The number of carbonyl (C=O) groups excluding carboxylic acids is 1. The van der Waals surface area contributed by atoms with E-state index in [1.165, 1.54) is 12.8 Å². The van der Waals surface area contributed by atoms with Gasteiger partial charge >= 0.3 is 6.03 Å². The van der Waals surface area contributed by atoms with Crippen LogP contribution in [0.4, 0.5) is 4.79 Å². The van der Waals surface area contributed by atoms with Crippen LogP contribution in [0.25, 0.3) is 0 Å². The molecule has 0 atom stereocenters. The van der Waals surface area contributed by atoms with Crippen LogP contribution in [0.5, 0.6) is 0 Å². The smallest absolute Gasteiger partial charge is 0.317 e. The number of hydrogen-bond donors (Lipinski definition) is 2. The maximum absolute atomic E-state index is 11.2. The maximum atomic E-state index is 11.2. The van der Waals surface area contributed by atoms with E-state index in [0.29, 0.717) is 0 Å². The van der Waals surface area contributed by atoms with Crippen LogP contribution in [0.2, 0.25) is 0 Å². The molecule has 1 saturated heterocycles. The average molecular weight is 229 g/mol. The van der Waals surface area contributed by atoms with Gasteiger partial charge in [0.1, 0.15) is 0 Å². The minimum atomic E-state index is 0.0712. The molecule has 1 aliphatic heterocycles. The van der Waals surface area contributed by atoms with Crippen LogP contribution >= 0.6 is 0 Å². The summed E-state index contributed by atoms with van der Waals surface area (Å²) in [6.45, 7) is 5.21. The molecule has 16 heavy (non-hydrogen) atoms. The summed E-state index contributed by atoms with van der Waals surface area (Å²) in [5.74, 6) is 0. The lowest BCUT2D eigenvalue weighted by molar-refractivity contribution is 0.192. The topological polar surface area (TPSA) is 53.6 Å². The maximum Gasteiger partial charge on any atom is 0.317 e. The summed E-state index contributed by atoms with van der Waals surface area (Å²) in [5.41, 5.74) is 0. The van der Waals surface area contributed by atoms with E-state index in [4.69, 9.17) is 4.74 Å². The second-order valence-electron chi connectivity index (χ2n) is 4.02. The molecule has 0 aromatic rings. The molecular formula is C11H23N3O2. The lowest BCUT2D eigenvalue weighted by atomic mass is 10.2. The van der Waals surface area contributed by atoms with Crippen molar-refractivity contribution in [3.05, 3.63) is 0 Å². The highest BCUT2D eigenvalue weighted by molar-refractivity contribution is 5.76. The van der Waals surface area contributed by atoms with E-state index >= 15 is 0 Å². The highest BCUT2D eigenvalue weighted by atomic mass is 16.5. The van der Waals surface area contributed by atoms with Gasteiger partial charge in [-0.05, 0) is 25.8 Å². The van der Waals surface area contributed by atoms with Gasteiger partial charge in [0.15, 0.2) is 0 Å². The van der Waals surface area contributed by atoms with Crippen LogP contribution < -0.4 is 10.6 Å². The number of unbranched alkanes of at least 4 members (excludes halogenated alkanes) is 2. The molecule has 5 heteroatoms. The zero-order valence-corrected chi connectivity index (χ0v) is 10.1.